The van der Waals surface area contributed by atoms with Crippen molar-refractivity contribution in [2.75, 3.05) is 0 Å². The molecule has 1 aromatic rings. The van der Waals surface area contributed by atoms with Crippen molar-refractivity contribution < 1.29 is 19.6 Å². The Balaban J connectivity index is 2.57. The third kappa shape index (κ3) is 2.00. The van der Waals surface area contributed by atoms with Crippen LogP contribution in [0, 0.1) is 30.3 Å². The lowest BCUT2D eigenvalue weighted by Crippen LogP contribution is -2.28. The monoisotopic (exact) mass is 315 g/mol. The number of allylic oxidation sites excluding steroid dienone is 4. The number of hydrogen-bond acceptors (Lipinski definition) is 7. The molecule has 3 rings (SSSR count). The van der Waals surface area contributed by atoms with Gasteiger partial charge in [-0.3, -0.25) is 35.1 Å². The summed E-state index contributed by atoms with van der Waals surface area (Å²) >= 11 is 0. The maximum absolute atomic E-state index is 11.4. The molecule has 0 unspecified atom stereocenters. The molecule has 0 saturated heterocycles. The highest BCUT2D eigenvalue weighted by atomic mass is 16.6. The fourth-order valence-electron chi connectivity index (χ4n) is 2.59. The number of hydrogen-bond donors (Lipinski definition) is 0. The molecule has 2 aliphatic carbocycles. The van der Waals surface area contributed by atoms with Gasteiger partial charge in [-0.25, -0.2) is 0 Å². The quantitative estimate of drug-likeness (QED) is 0.580. The summed E-state index contributed by atoms with van der Waals surface area (Å²) in [5.74, 6) is -0.348. The molecular weight excluding hydrogens is 310 g/mol. The second-order valence-corrected chi connectivity index (χ2v) is 4.72. The summed E-state index contributed by atoms with van der Waals surface area (Å²) in [7, 11) is 0. The highest BCUT2D eigenvalue weighted by Crippen LogP contribution is 2.34. The number of nitro groups is 3. The van der Waals surface area contributed by atoms with E-state index in [1.165, 1.54) is 24.3 Å². The summed E-state index contributed by atoms with van der Waals surface area (Å²) in [6.07, 6.45) is 5.04. The average Bonchev–Trinajstić information content (AvgIpc) is 2.81. The zero-order valence-corrected chi connectivity index (χ0v) is 11.1. The van der Waals surface area contributed by atoms with Crippen LogP contribution in [0.25, 0.3) is 11.6 Å². The minimum Gasteiger partial charge on any atom is -0.290 e. The maximum Gasteiger partial charge on any atom is 0.422 e. The van der Waals surface area contributed by atoms with E-state index in [1.54, 1.807) is 0 Å². The molecule has 0 spiro atoms. The van der Waals surface area contributed by atoms with Crippen molar-refractivity contribution in [1.82, 2.24) is 0 Å². The van der Waals surface area contributed by atoms with Crippen LogP contribution < -0.4 is 10.4 Å². The number of fused-ring (bicyclic) bond motifs is 2. The van der Waals surface area contributed by atoms with Gasteiger partial charge in [0, 0.05) is 11.3 Å². The number of carbonyl (C=O) groups excluding carboxylic acids is 1. The number of nitro benzene ring substituents is 3. The van der Waals surface area contributed by atoms with E-state index in [-0.39, 0.29) is 16.2 Å². The van der Waals surface area contributed by atoms with E-state index in [4.69, 9.17) is 0 Å². The van der Waals surface area contributed by atoms with E-state index < -0.39 is 31.8 Å². The van der Waals surface area contributed by atoms with Crippen molar-refractivity contribution >= 4 is 34.5 Å². The molecule has 0 N–H and O–H groups in total. The third-order valence-corrected chi connectivity index (χ3v) is 3.47. The fourth-order valence-corrected chi connectivity index (χ4v) is 2.59. The second kappa shape index (κ2) is 4.66. The Hall–Kier alpha value is -3.69. The van der Waals surface area contributed by atoms with Gasteiger partial charge in [0.25, 0.3) is 0 Å². The number of nitrogens with zero attached hydrogens (tertiary/aromatic N) is 3. The van der Waals surface area contributed by atoms with Gasteiger partial charge in [-0.05, 0) is 35.5 Å². The molecule has 0 radical (unpaired) electrons. The highest BCUT2D eigenvalue weighted by molar-refractivity contribution is 6.10. The molecule has 0 aromatic heterocycles. The van der Waals surface area contributed by atoms with Gasteiger partial charge in [-0.15, -0.1) is 0 Å². The van der Waals surface area contributed by atoms with Gasteiger partial charge in [0.15, 0.2) is 5.78 Å². The number of rotatable bonds is 3. The molecule has 114 valence electrons. The summed E-state index contributed by atoms with van der Waals surface area (Å²) in [5.41, 5.74) is -2.40. The third-order valence-electron chi connectivity index (χ3n) is 3.47. The van der Waals surface area contributed by atoms with Gasteiger partial charge in [0.1, 0.15) is 0 Å². The lowest BCUT2D eigenvalue weighted by atomic mass is 10.0. The molecule has 0 atom stereocenters. The summed E-state index contributed by atoms with van der Waals surface area (Å²) in [6.45, 7) is 0. The van der Waals surface area contributed by atoms with Crippen LogP contribution in [-0.4, -0.2) is 20.6 Å². The van der Waals surface area contributed by atoms with Crippen LogP contribution >= 0.6 is 0 Å². The van der Waals surface area contributed by atoms with Crippen LogP contribution in [0.15, 0.2) is 29.9 Å². The molecule has 1 aromatic carbocycles. The Bertz CT molecular complexity index is 1020. The largest absolute Gasteiger partial charge is 0.422 e. The minimum absolute atomic E-state index is 0.115. The van der Waals surface area contributed by atoms with Crippen molar-refractivity contribution in [3.63, 3.8) is 0 Å². The van der Waals surface area contributed by atoms with E-state index in [0.717, 1.165) is 6.07 Å². The van der Waals surface area contributed by atoms with Gasteiger partial charge >= 0.3 is 17.1 Å². The van der Waals surface area contributed by atoms with E-state index >= 15 is 0 Å². The van der Waals surface area contributed by atoms with Crippen molar-refractivity contribution in [2.45, 2.75) is 0 Å². The summed E-state index contributed by atoms with van der Waals surface area (Å²) in [4.78, 5) is 41.6. The standard InChI is InChI=1S/C13H5N3O7/c17-7-1-2-8-6(3-7)4-10-9(8)5-11(14(18)19)13(16(22)23)12(10)15(20)21/h1-5H. The topological polar surface area (TPSA) is 146 Å². The first-order valence-corrected chi connectivity index (χ1v) is 6.11. The second-order valence-electron chi connectivity index (χ2n) is 4.72. The lowest BCUT2D eigenvalue weighted by molar-refractivity contribution is -0.441. The fraction of sp³-hybridized carbons (Fsp3) is 0. The van der Waals surface area contributed by atoms with Gasteiger partial charge in [0.2, 0.25) is 0 Å². The van der Waals surface area contributed by atoms with Crippen LogP contribution in [-0.2, 0) is 4.79 Å². The van der Waals surface area contributed by atoms with Crippen molar-refractivity contribution in [3.05, 3.63) is 70.6 Å². The first kappa shape index (κ1) is 14.3. The molecule has 0 heterocycles. The first-order chi connectivity index (χ1) is 10.8. The SMILES string of the molecule is O=C1C=CC2=c3cc([N+](=O)[O-])c([N+](=O)[O-])c([N+](=O)[O-])c3=CC2=C1. The Morgan fingerprint density at radius 1 is 0.826 bits per heavy atom. The van der Waals surface area contributed by atoms with Gasteiger partial charge < -0.3 is 0 Å². The molecule has 10 heteroatoms. The molecule has 23 heavy (non-hydrogen) atoms. The summed E-state index contributed by atoms with van der Waals surface area (Å²) in [6, 6.07) is 0.924. The zero-order valence-electron chi connectivity index (χ0n) is 11.1. The van der Waals surface area contributed by atoms with E-state index in [0.29, 0.717) is 11.1 Å². The molecule has 0 amide bonds. The Kier molecular flexibility index (Phi) is 2.89. The maximum atomic E-state index is 11.4. The lowest BCUT2D eigenvalue weighted by Gasteiger charge is -2.02. The number of ketones is 1. The van der Waals surface area contributed by atoms with Crippen molar-refractivity contribution in [2.24, 2.45) is 0 Å². The zero-order chi connectivity index (χ0) is 16.9. The Morgan fingerprint density at radius 3 is 2.04 bits per heavy atom. The predicted octanol–water partition coefficient (Wildman–Crippen LogP) is 0.421. The smallest absolute Gasteiger partial charge is 0.290 e. The van der Waals surface area contributed by atoms with Crippen LogP contribution in [0.2, 0.25) is 0 Å². The van der Waals surface area contributed by atoms with Crippen LogP contribution in [0.5, 0.6) is 0 Å². The molecule has 2 aliphatic rings. The van der Waals surface area contributed by atoms with Gasteiger partial charge in [-0.2, -0.15) is 0 Å². The molecule has 0 bridgehead atoms. The minimum atomic E-state index is -1.18. The Morgan fingerprint density at radius 2 is 1.48 bits per heavy atom. The van der Waals surface area contributed by atoms with Crippen molar-refractivity contribution in [1.29, 1.82) is 0 Å². The molecule has 0 saturated carbocycles. The highest BCUT2D eigenvalue weighted by Gasteiger charge is 2.39. The summed E-state index contributed by atoms with van der Waals surface area (Å²) in [5, 5.41) is 33.5. The number of carbonyl (C=O) groups is 1. The van der Waals surface area contributed by atoms with Crippen LogP contribution in [0.1, 0.15) is 0 Å². The van der Waals surface area contributed by atoms with Gasteiger partial charge in [0.05, 0.1) is 20.0 Å². The molecule has 10 nitrogen and oxygen atoms in total. The first-order valence-electron chi connectivity index (χ1n) is 6.11. The molecular formula is C13H5N3O7. The van der Waals surface area contributed by atoms with Crippen molar-refractivity contribution in [3.8, 4) is 0 Å². The molecule has 0 fully saturated rings. The van der Waals surface area contributed by atoms with E-state index in [9.17, 15) is 35.1 Å². The van der Waals surface area contributed by atoms with Gasteiger partial charge in [-0.1, -0.05) is 0 Å². The van der Waals surface area contributed by atoms with Crippen LogP contribution in [0.4, 0.5) is 17.1 Å². The normalized spacial score (nSPS) is 14.7. The number of benzene rings is 1. The predicted molar refractivity (Wildman–Crippen MR) is 75.8 cm³/mol. The Labute approximate surface area is 125 Å². The van der Waals surface area contributed by atoms with Crippen LogP contribution in [0.3, 0.4) is 0 Å². The average molecular weight is 315 g/mol. The molecule has 0 aliphatic heterocycles. The van der Waals surface area contributed by atoms with E-state index in [2.05, 4.69) is 0 Å². The van der Waals surface area contributed by atoms with E-state index in [1.807, 2.05) is 0 Å². The summed E-state index contributed by atoms with van der Waals surface area (Å²) < 4.78 is 0.